The molecule has 0 unspecified atom stereocenters. The Hall–Kier alpha value is -0.990. The van der Waals surface area contributed by atoms with E-state index in [-0.39, 0.29) is 18.0 Å². The summed E-state index contributed by atoms with van der Waals surface area (Å²) in [6.07, 6.45) is 3.99. The van der Waals surface area contributed by atoms with Gasteiger partial charge in [-0.1, -0.05) is 0 Å². The zero-order chi connectivity index (χ0) is 13.0. The molecule has 0 heterocycles. The van der Waals surface area contributed by atoms with E-state index in [0.717, 1.165) is 37.0 Å². The first-order valence-corrected chi connectivity index (χ1v) is 6.57. The Kier molecular flexibility index (Phi) is 5.03. The Bertz CT molecular complexity index is 297. The summed E-state index contributed by atoms with van der Waals surface area (Å²) in [5.74, 6) is 1.05. The van der Waals surface area contributed by atoms with Crippen molar-refractivity contribution in [3.8, 4) is 0 Å². The lowest BCUT2D eigenvalue weighted by atomic mass is 9.95. The fourth-order valence-electron chi connectivity index (χ4n) is 2.55. The number of hydrogen-bond donors (Lipinski definition) is 0. The Morgan fingerprint density at radius 1 is 1.12 bits per heavy atom. The molecule has 0 atom stereocenters. The highest BCUT2D eigenvalue weighted by molar-refractivity contribution is 5.94. The lowest BCUT2D eigenvalue weighted by molar-refractivity contribution is -0.131. The number of rotatable bonds is 4. The molecule has 1 amide bonds. The first kappa shape index (κ1) is 14.1. The summed E-state index contributed by atoms with van der Waals surface area (Å²) in [6, 6.07) is 0.463. The molecule has 98 valence electrons. The van der Waals surface area contributed by atoms with Crippen LogP contribution in [0.25, 0.3) is 0 Å². The molecule has 0 fully saturated rings. The van der Waals surface area contributed by atoms with Gasteiger partial charge >= 0.3 is 0 Å². The van der Waals surface area contributed by atoms with Gasteiger partial charge in [-0.25, -0.2) is 0 Å². The van der Waals surface area contributed by atoms with Gasteiger partial charge < -0.3 is 9.64 Å². The van der Waals surface area contributed by atoms with Crippen molar-refractivity contribution in [3.05, 3.63) is 11.3 Å². The fraction of sp³-hybridized carbons (Fsp3) is 0.786. The van der Waals surface area contributed by atoms with Crippen molar-refractivity contribution in [3.63, 3.8) is 0 Å². The quantitative estimate of drug-likeness (QED) is 0.754. The van der Waals surface area contributed by atoms with Gasteiger partial charge in [0, 0.05) is 18.5 Å². The van der Waals surface area contributed by atoms with E-state index in [4.69, 9.17) is 4.74 Å². The van der Waals surface area contributed by atoms with Crippen LogP contribution in [0.2, 0.25) is 0 Å². The van der Waals surface area contributed by atoms with Crippen LogP contribution in [-0.2, 0) is 9.53 Å². The highest BCUT2D eigenvalue weighted by Gasteiger charge is 2.27. The van der Waals surface area contributed by atoms with Crippen LogP contribution < -0.4 is 0 Å². The molecule has 3 nitrogen and oxygen atoms in total. The van der Waals surface area contributed by atoms with Gasteiger partial charge in [-0.2, -0.15) is 0 Å². The van der Waals surface area contributed by atoms with Crippen LogP contribution in [0.3, 0.4) is 0 Å². The molecule has 0 aromatic rings. The Balaban J connectivity index is 2.96. The molecule has 0 spiro atoms. The Morgan fingerprint density at radius 3 is 2.12 bits per heavy atom. The average Bonchev–Trinajstić information content (AvgIpc) is 2.27. The monoisotopic (exact) mass is 239 g/mol. The van der Waals surface area contributed by atoms with Gasteiger partial charge in [-0.05, 0) is 47.0 Å². The molecule has 0 aliphatic heterocycles. The van der Waals surface area contributed by atoms with Crippen LogP contribution in [0.1, 0.15) is 53.4 Å². The van der Waals surface area contributed by atoms with Gasteiger partial charge in [-0.15, -0.1) is 0 Å². The Morgan fingerprint density at radius 2 is 1.65 bits per heavy atom. The number of methoxy groups -OCH3 is 1. The van der Waals surface area contributed by atoms with E-state index in [9.17, 15) is 4.79 Å². The van der Waals surface area contributed by atoms with Crippen LogP contribution in [0.5, 0.6) is 0 Å². The van der Waals surface area contributed by atoms with Crippen LogP contribution in [-0.4, -0.2) is 30.0 Å². The molecule has 0 saturated carbocycles. The third-order valence-electron chi connectivity index (χ3n) is 3.27. The molecule has 1 rings (SSSR count). The fourth-order valence-corrected chi connectivity index (χ4v) is 2.55. The van der Waals surface area contributed by atoms with Crippen molar-refractivity contribution in [2.24, 2.45) is 0 Å². The van der Waals surface area contributed by atoms with Gasteiger partial charge in [0.15, 0.2) is 0 Å². The normalized spacial score (nSPS) is 16.6. The molecule has 0 N–H and O–H groups in total. The van der Waals surface area contributed by atoms with Crippen molar-refractivity contribution < 1.29 is 9.53 Å². The van der Waals surface area contributed by atoms with E-state index in [0.29, 0.717) is 0 Å². The van der Waals surface area contributed by atoms with E-state index < -0.39 is 0 Å². The second-order valence-corrected chi connectivity index (χ2v) is 5.21. The number of hydrogen-bond acceptors (Lipinski definition) is 2. The summed E-state index contributed by atoms with van der Waals surface area (Å²) >= 11 is 0. The maximum Gasteiger partial charge on any atom is 0.253 e. The van der Waals surface area contributed by atoms with Gasteiger partial charge in [0.25, 0.3) is 5.91 Å². The number of allylic oxidation sites excluding steroid dienone is 1. The van der Waals surface area contributed by atoms with Crippen LogP contribution in [0, 0.1) is 0 Å². The van der Waals surface area contributed by atoms with E-state index in [1.54, 1.807) is 7.11 Å². The molecule has 1 aliphatic carbocycles. The molecule has 1 aliphatic rings. The summed E-state index contributed by atoms with van der Waals surface area (Å²) in [5.41, 5.74) is 0.890. The molecular formula is C14H25NO2. The summed E-state index contributed by atoms with van der Waals surface area (Å²) in [5, 5.41) is 0. The zero-order valence-electron chi connectivity index (χ0n) is 11.7. The maximum atomic E-state index is 12.5. The first-order chi connectivity index (χ1) is 7.99. The summed E-state index contributed by atoms with van der Waals surface area (Å²) in [7, 11) is 1.67. The minimum atomic E-state index is 0.159. The molecule has 3 heteroatoms. The predicted molar refractivity (Wildman–Crippen MR) is 69.6 cm³/mol. The number of nitrogens with zero attached hydrogens (tertiary/aromatic N) is 1. The topological polar surface area (TPSA) is 29.5 Å². The highest BCUT2D eigenvalue weighted by atomic mass is 16.5. The third kappa shape index (κ3) is 3.24. The number of amides is 1. The number of carbonyl (C=O) groups is 1. The minimum absolute atomic E-state index is 0.159. The molecule has 0 saturated heterocycles. The predicted octanol–water partition coefficient (Wildman–Crippen LogP) is 3.11. The van der Waals surface area contributed by atoms with E-state index in [1.165, 1.54) is 0 Å². The average molecular weight is 239 g/mol. The molecule has 0 aromatic carbocycles. The van der Waals surface area contributed by atoms with Gasteiger partial charge in [0.1, 0.15) is 5.76 Å². The number of ether oxygens (including phenoxy) is 1. The minimum Gasteiger partial charge on any atom is -0.501 e. The van der Waals surface area contributed by atoms with Gasteiger partial charge in [-0.3, -0.25) is 4.79 Å². The van der Waals surface area contributed by atoms with Crippen LogP contribution in [0.15, 0.2) is 11.3 Å². The summed E-state index contributed by atoms with van der Waals surface area (Å²) in [4.78, 5) is 14.5. The zero-order valence-corrected chi connectivity index (χ0v) is 11.7. The van der Waals surface area contributed by atoms with E-state index in [1.807, 2.05) is 4.90 Å². The summed E-state index contributed by atoms with van der Waals surface area (Å²) < 4.78 is 5.37. The van der Waals surface area contributed by atoms with Crippen molar-refractivity contribution in [2.75, 3.05) is 7.11 Å². The standard InChI is InChI=1S/C14H25NO2/c1-10(2)15(11(3)4)14(16)12-8-6-7-9-13(12)17-5/h10-11H,6-9H2,1-5H3. The number of carbonyl (C=O) groups excluding carboxylic acids is 1. The molecule has 17 heavy (non-hydrogen) atoms. The molecule has 0 aromatic heterocycles. The molecule has 0 bridgehead atoms. The van der Waals surface area contributed by atoms with Crippen LogP contribution >= 0.6 is 0 Å². The lowest BCUT2D eigenvalue weighted by Crippen LogP contribution is -2.43. The SMILES string of the molecule is COC1=C(C(=O)N(C(C)C)C(C)C)CCCC1. The van der Waals surface area contributed by atoms with E-state index in [2.05, 4.69) is 27.7 Å². The first-order valence-electron chi connectivity index (χ1n) is 6.57. The van der Waals surface area contributed by atoms with Crippen molar-refractivity contribution in [2.45, 2.75) is 65.5 Å². The largest absolute Gasteiger partial charge is 0.501 e. The third-order valence-corrected chi connectivity index (χ3v) is 3.27. The Labute approximate surface area is 105 Å². The summed E-state index contributed by atoms with van der Waals surface area (Å²) in [6.45, 7) is 8.25. The molecular weight excluding hydrogens is 214 g/mol. The van der Waals surface area contributed by atoms with Crippen molar-refractivity contribution in [1.29, 1.82) is 0 Å². The molecule has 0 radical (unpaired) electrons. The smallest absolute Gasteiger partial charge is 0.253 e. The van der Waals surface area contributed by atoms with E-state index >= 15 is 0 Å². The van der Waals surface area contributed by atoms with Gasteiger partial charge in [0.05, 0.1) is 12.7 Å². The second kappa shape index (κ2) is 6.08. The van der Waals surface area contributed by atoms with Crippen molar-refractivity contribution in [1.82, 2.24) is 4.90 Å². The van der Waals surface area contributed by atoms with Gasteiger partial charge in [0.2, 0.25) is 0 Å². The maximum absolute atomic E-state index is 12.5. The second-order valence-electron chi connectivity index (χ2n) is 5.21. The highest BCUT2D eigenvalue weighted by Crippen LogP contribution is 2.27. The lowest BCUT2D eigenvalue weighted by Gasteiger charge is -2.33. The van der Waals surface area contributed by atoms with Crippen molar-refractivity contribution >= 4 is 5.91 Å². The van der Waals surface area contributed by atoms with Crippen LogP contribution in [0.4, 0.5) is 0 Å².